The molecule has 1 aromatic carbocycles. The number of carbonyl (C=O) groups excluding carboxylic acids is 1. The number of aliphatic hydroxyl groups excluding tert-OH is 2. The van der Waals surface area contributed by atoms with E-state index in [1.54, 1.807) is 6.20 Å². The molecular weight excluding hydrogens is 352 g/mol. The number of pyridine rings is 1. The Morgan fingerprint density at radius 2 is 1.96 bits per heavy atom. The monoisotopic (exact) mass is 374 g/mol. The van der Waals surface area contributed by atoms with Gasteiger partial charge in [-0.05, 0) is 42.2 Å². The molecule has 2 heterocycles. The predicted molar refractivity (Wildman–Crippen MR) is 100 cm³/mol. The molecule has 0 spiro atoms. The quantitative estimate of drug-likeness (QED) is 0.689. The van der Waals surface area contributed by atoms with Crippen molar-refractivity contribution in [2.75, 3.05) is 6.61 Å². The highest BCUT2D eigenvalue weighted by Crippen LogP contribution is 2.26. The first-order chi connectivity index (χ1) is 12.5. The summed E-state index contributed by atoms with van der Waals surface area (Å²) in [5, 5.41) is 22.0. The maximum atomic E-state index is 11.3. The molecule has 0 bridgehead atoms. The van der Waals surface area contributed by atoms with Gasteiger partial charge in [0, 0.05) is 6.20 Å². The molecule has 1 aromatic heterocycles. The van der Waals surface area contributed by atoms with Gasteiger partial charge >= 0.3 is 0 Å². The Bertz CT molecular complexity index is 736. The number of aromatic nitrogens is 1. The number of aryl methyl sites for hydroxylation is 1. The van der Waals surface area contributed by atoms with Crippen molar-refractivity contribution in [3.8, 4) is 5.75 Å². The number of carbonyl (C=O) groups is 1. The van der Waals surface area contributed by atoms with Gasteiger partial charge in [-0.2, -0.15) is 0 Å². The van der Waals surface area contributed by atoms with Crippen molar-refractivity contribution in [3.05, 3.63) is 59.4 Å². The SMILES string of the molecule is CCc1ccc(C(O)COc2ccc(CC3SC(=O)NC3O)cc2)nc1. The summed E-state index contributed by atoms with van der Waals surface area (Å²) in [7, 11) is 0. The normalized spacial score (nSPS) is 20.7. The summed E-state index contributed by atoms with van der Waals surface area (Å²) in [6, 6.07) is 11.2. The van der Waals surface area contributed by atoms with Crippen molar-refractivity contribution in [2.45, 2.75) is 37.3 Å². The third-order valence-corrected chi connectivity index (χ3v) is 5.30. The lowest BCUT2D eigenvalue weighted by molar-refractivity contribution is 0.104. The summed E-state index contributed by atoms with van der Waals surface area (Å²) < 4.78 is 5.63. The average molecular weight is 374 g/mol. The summed E-state index contributed by atoms with van der Waals surface area (Å²) in [5.41, 5.74) is 2.71. The van der Waals surface area contributed by atoms with Gasteiger partial charge in [0.2, 0.25) is 0 Å². The van der Waals surface area contributed by atoms with Crippen LogP contribution in [-0.4, -0.2) is 38.5 Å². The largest absolute Gasteiger partial charge is 0.490 e. The highest BCUT2D eigenvalue weighted by Gasteiger charge is 2.31. The molecule has 3 N–H and O–H groups in total. The Balaban J connectivity index is 1.51. The minimum Gasteiger partial charge on any atom is -0.490 e. The molecule has 1 fully saturated rings. The van der Waals surface area contributed by atoms with E-state index in [0.29, 0.717) is 17.9 Å². The minimum atomic E-state index is -0.815. The fourth-order valence-electron chi connectivity index (χ4n) is 2.66. The maximum absolute atomic E-state index is 11.3. The van der Waals surface area contributed by atoms with Crippen molar-refractivity contribution in [1.29, 1.82) is 0 Å². The Labute approximate surface area is 156 Å². The number of aliphatic hydroxyl groups is 2. The second-order valence-corrected chi connectivity index (χ2v) is 7.36. The van der Waals surface area contributed by atoms with E-state index in [-0.39, 0.29) is 17.1 Å². The maximum Gasteiger partial charge on any atom is 0.281 e. The number of nitrogens with one attached hydrogen (secondary N) is 1. The molecule has 6 nitrogen and oxygen atoms in total. The third-order valence-electron chi connectivity index (χ3n) is 4.24. The van der Waals surface area contributed by atoms with Crippen LogP contribution in [0.15, 0.2) is 42.6 Å². The lowest BCUT2D eigenvalue weighted by Gasteiger charge is -2.14. The van der Waals surface area contributed by atoms with Crippen LogP contribution in [0, 0.1) is 0 Å². The molecule has 1 saturated heterocycles. The zero-order valence-electron chi connectivity index (χ0n) is 14.5. The summed E-state index contributed by atoms with van der Waals surface area (Å²) in [5.74, 6) is 0.645. The molecule has 3 rings (SSSR count). The topological polar surface area (TPSA) is 91.7 Å². The molecule has 7 heteroatoms. The van der Waals surface area contributed by atoms with E-state index >= 15 is 0 Å². The van der Waals surface area contributed by atoms with E-state index < -0.39 is 12.3 Å². The molecule has 3 atom stereocenters. The van der Waals surface area contributed by atoms with Crippen LogP contribution in [-0.2, 0) is 12.8 Å². The molecule has 0 saturated carbocycles. The Morgan fingerprint density at radius 1 is 1.23 bits per heavy atom. The van der Waals surface area contributed by atoms with Gasteiger partial charge in [-0.3, -0.25) is 9.78 Å². The molecule has 0 radical (unpaired) electrons. The van der Waals surface area contributed by atoms with E-state index in [1.807, 2.05) is 36.4 Å². The van der Waals surface area contributed by atoms with Crippen LogP contribution in [0.2, 0.25) is 0 Å². The zero-order chi connectivity index (χ0) is 18.5. The highest BCUT2D eigenvalue weighted by atomic mass is 32.2. The van der Waals surface area contributed by atoms with Gasteiger partial charge in [0.05, 0.1) is 10.9 Å². The van der Waals surface area contributed by atoms with Crippen LogP contribution in [0.3, 0.4) is 0 Å². The van der Waals surface area contributed by atoms with Gasteiger partial charge < -0.3 is 20.3 Å². The van der Waals surface area contributed by atoms with Crippen LogP contribution >= 0.6 is 11.8 Å². The Kier molecular flexibility index (Phi) is 6.13. The molecule has 1 amide bonds. The van der Waals surface area contributed by atoms with E-state index in [9.17, 15) is 15.0 Å². The molecule has 138 valence electrons. The first kappa shape index (κ1) is 18.7. The van der Waals surface area contributed by atoms with Gasteiger partial charge in [0.15, 0.2) is 0 Å². The third kappa shape index (κ3) is 4.75. The van der Waals surface area contributed by atoms with Crippen LogP contribution in [0.1, 0.15) is 29.8 Å². The van der Waals surface area contributed by atoms with Crippen molar-refractivity contribution in [1.82, 2.24) is 10.3 Å². The van der Waals surface area contributed by atoms with Crippen molar-refractivity contribution >= 4 is 17.0 Å². The number of hydrogen-bond donors (Lipinski definition) is 3. The lowest BCUT2D eigenvalue weighted by atomic mass is 10.1. The second kappa shape index (κ2) is 8.53. The van der Waals surface area contributed by atoms with Crippen LogP contribution < -0.4 is 10.1 Å². The predicted octanol–water partition coefficient (Wildman–Crippen LogP) is 2.44. The fraction of sp³-hybridized carbons (Fsp3) is 0.368. The summed E-state index contributed by atoms with van der Waals surface area (Å²) >= 11 is 1.12. The van der Waals surface area contributed by atoms with E-state index in [2.05, 4.69) is 17.2 Å². The van der Waals surface area contributed by atoms with Gasteiger partial charge in [-0.25, -0.2) is 0 Å². The van der Waals surface area contributed by atoms with Gasteiger partial charge in [0.25, 0.3) is 5.24 Å². The number of benzene rings is 1. The van der Waals surface area contributed by atoms with Crippen LogP contribution in [0.25, 0.3) is 0 Å². The standard InChI is InChI=1S/C19H22N2O4S/c1-2-12-5-8-15(20-10-12)16(22)11-25-14-6-3-13(4-7-14)9-17-18(23)21-19(24)26-17/h3-8,10,16-18,22-23H,2,9,11H2,1H3,(H,21,24). The van der Waals surface area contributed by atoms with Crippen molar-refractivity contribution in [3.63, 3.8) is 0 Å². The minimum absolute atomic E-state index is 0.118. The van der Waals surface area contributed by atoms with E-state index in [0.717, 1.165) is 29.3 Å². The first-order valence-electron chi connectivity index (χ1n) is 8.55. The van der Waals surface area contributed by atoms with Gasteiger partial charge in [-0.15, -0.1) is 0 Å². The molecule has 0 aliphatic carbocycles. The number of ether oxygens (including phenoxy) is 1. The van der Waals surface area contributed by atoms with Gasteiger partial charge in [0.1, 0.15) is 24.7 Å². The molecule has 3 unspecified atom stereocenters. The fourth-order valence-corrected chi connectivity index (χ4v) is 3.60. The molecule has 26 heavy (non-hydrogen) atoms. The summed E-state index contributed by atoms with van der Waals surface area (Å²) in [6.07, 6.45) is 1.66. The van der Waals surface area contributed by atoms with Crippen LogP contribution in [0.5, 0.6) is 5.75 Å². The van der Waals surface area contributed by atoms with Crippen molar-refractivity contribution < 1.29 is 19.7 Å². The number of nitrogens with zero attached hydrogens (tertiary/aromatic N) is 1. The summed E-state index contributed by atoms with van der Waals surface area (Å²) in [4.78, 5) is 15.5. The lowest BCUT2D eigenvalue weighted by Crippen LogP contribution is -2.31. The smallest absolute Gasteiger partial charge is 0.281 e. The Hall–Kier alpha value is -2.09. The summed E-state index contributed by atoms with van der Waals surface area (Å²) in [6.45, 7) is 2.17. The zero-order valence-corrected chi connectivity index (χ0v) is 15.3. The first-order valence-corrected chi connectivity index (χ1v) is 9.43. The Morgan fingerprint density at radius 3 is 2.54 bits per heavy atom. The molecule has 1 aliphatic rings. The van der Waals surface area contributed by atoms with Crippen molar-refractivity contribution in [2.24, 2.45) is 0 Å². The molecule has 2 aromatic rings. The molecular formula is C19H22N2O4S. The van der Waals surface area contributed by atoms with Gasteiger partial charge in [-0.1, -0.05) is 36.9 Å². The molecule has 1 aliphatic heterocycles. The average Bonchev–Trinajstić information content (AvgIpc) is 2.98. The second-order valence-electron chi connectivity index (χ2n) is 6.15. The number of rotatable bonds is 7. The number of thioether (sulfide) groups is 1. The van der Waals surface area contributed by atoms with Crippen LogP contribution in [0.4, 0.5) is 4.79 Å². The number of hydrogen-bond acceptors (Lipinski definition) is 6. The van der Waals surface area contributed by atoms with E-state index in [4.69, 9.17) is 4.74 Å². The highest BCUT2D eigenvalue weighted by molar-refractivity contribution is 8.14. The number of amides is 1. The van der Waals surface area contributed by atoms with E-state index in [1.165, 1.54) is 0 Å².